The molecule has 0 unspecified atom stereocenters. The molecule has 0 saturated carbocycles. The van der Waals surface area contributed by atoms with Crippen molar-refractivity contribution in [3.63, 3.8) is 0 Å². The minimum atomic E-state index is -4.41. The number of unbranched alkanes of at least 4 members (excludes halogenated alkanes) is 3. The Labute approximate surface area is 313 Å². The molecule has 0 bridgehead atoms. The zero-order valence-electron chi connectivity index (χ0n) is 31.5. The van der Waals surface area contributed by atoms with Gasteiger partial charge in [0.2, 0.25) is 11.8 Å². The van der Waals surface area contributed by atoms with Gasteiger partial charge in [-0.3, -0.25) is 24.4 Å². The van der Waals surface area contributed by atoms with Crippen LogP contribution in [0.3, 0.4) is 0 Å². The van der Waals surface area contributed by atoms with Crippen LogP contribution in [0.4, 0.5) is 10.6 Å². The number of carbonyl (C=O) groups is 4. The van der Waals surface area contributed by atoms with Crippen LogP contribution in [0.1, 0.15) is 109 Å². The van der Waals surface area contributed by atoms with Gasteiger partial charge >= 0.3 is 6.09 Å². The van der Waals surface area contributed by atoms with E-state index in [2.05, 4.69) is 36.8 Å². The zero-order valence-corrected chi connectivity index (χ0v) is 32.3. The van der Waals surface area contributed by atoms with E-state index in [-0.39, 0.29) is 47.2 Å². The fourth-order valence-electron chi connectivity index (χ4n) is 4.92. The second-order valence-electron chi connectivity index (χ2n) is 13.8. The van der Waals surface area contributed by atoms with Crippen LogP contribution < -0.4 is 26.7 Å². The van der Waals surface area contributed by atoms with E-state index in [0.717, 1.165) is 31.4 Å². The third-order valence-corrected chi connectivity index (χ3v) is 8.28. The minimum Gasteiger partial charge on any atom is -0.444 e. The molecule has 0 aliphatic carbocycles. The Morgan fingerprint density at radius 1 is 0.981 bits per heavy atom. The van der Waals surface area contributed by atoms with E-state index < -0.39 is 27.9 Å². The average molecular weight is 758 g/mol. The lowest BCUT2D eigenvalue weighted by molar-refractivity contribution is -0.123. The van der Waals surface area contributed by atoms with Crippen molar-refractivity contribution in [2.45, 2.75) is 109 Å². The summed E-state index contributed by atoms with van der Waals surface area (Å²) in [7, 11) is -4.41. The number of anilines is 1. The number of nitrogens with zero attached hydrogens (tertiary/aromatic N) is 2. The maximum Gasteiger partial charge on any atom is 0.408 e. The minimum absolute atomic E-state index is 0.112. The smallest absolute Gasteiger partial charge is 0.408 e. The Kier molecular flexibility index (Phi) is 18.6. The molecule has 2 aromatic rings. The van der Waals surface area contributed by atoms with Crippen LogP contribution in [-0.4, -0.2) is 72.7 Å². The first kappa shape index (κ1) is 44.3. The molecule has 0 spiro atoms. The monoisotopic (exact) mass is 757 g/mol. The predicted molar refractivity (Wildman–Crippen MR) is 204 cm³/mol. The van der Waals surface area contributed by atoms with Crippen LogP contribution in [0.25, 0.3) is 0 Å². The van der Waals surface area contributed by atoms with Crippen LogP contribution >= 0.6 is 0 Å². The quantitative estimate of drug-likeness (QED) is 0.0417. The van der Waals surface area contributed by atoms with E-state index in [1.807, 2.05) is 26.8 Å². The molecule has 6 N–H and O–H groups in total. The summed E-state index contributed by atoms with van der Waals surface area (Å²) in [6.07, 6.45) is 9.43. The number of nitrogens with one attached hydrogen (secondary N) is 5. The summed E-state index contributed by atoms with van der Waals surface area (Å²) in [6, 6.07) is 8.16. The number of hydrogen-bond donors (Lipinski definition) is 6. The lowest BCUT2D eigenvalue weighted by Crippen LogP contribution is -2.48. The summed E-state index contributed by atoms with van der Waals surface area (Å²) >= 11 is 0. The number of hydrogen-bond acceptors (Lipinski definition) is 10. The number of pyridine rings is 1. The number of benzene rings is 1. The Balaban J connectivity index is 1.69. The number of aromatic nitrogens is 1. The second-order valence-corrected chi connectivity index (χ2v) is 15.2. The number of hydrazone groups is 1. The van der Waals surface area contributed by atoms with E-state index >= 15 is 0 Å². The van der Waals surface area contributed by atoms with Crippen molar-refractivity contribution in [1.82, 2.24) is 26.3 Å². The van der Waals surface area contributed by atoms with Crippen molar-refractivity contribution in [3.8, 4) is 0 Å². The topological polar surface area (TPSA) is 217 Å². The maximum absolute atomic E-state index is 13.1. The Bertz CT molecular complexity index is 1670. The molecule has 1 aromatic carbocycles. The molecule has 1 heterocycles. The Morgan fingerprint density at radius 3 is 2.34 bits per heavy atom. The highest BCUT2D eigenvalue weighted by atomic mass is 32.2. The van der Waals surface area contributed by atoms with E-state index in [1.165, 1.54) is 42.7 Å². The molecule has 0 saturated heterocycles. The van der Waals surface area contributed by atoms with Gasteiger partial charge in [0.05, 0.1) is 11.8 Å². The molecule has 2 rings (SSSR count). The highest BCUT2D eigenvalue weighted by Gasteiger charge is 2.25. The van der Waals surface area contributed by atoms with E-state index in [1.54, 1.807) is 26.8 Å². The summed E-state index contributed by atoms with van der Waals surface area (Å²) in [4.78, 5) is 54.0. The molecule has 0 fully saturated rings. The molecule has 1 aromatic heterocycles. The fraction of sp³-hybridized carbons (Fsp3) is 0.514. The van der Waals surface area contributed by atoms with Crippen LogP contribution in [0.15, 0.2) is 64.4 Å². The fourth-order valence-corrected chi connectivity index (χ4v) is 5.59. The summed E-state index contributed by atoms with van der Waals surface area (Å²) in [5.41, 5.74) is 3.26. The predicted octanol–water partition coefficient (Wildman–Crippen LogP) is 5.31. The molecule has 292 valence electrons. The Hall–Kier alpha value is -4.83. The summed E-state index contributed by atoms with van der Waals surface area (Å²) in [5, 5.41) is 15.2. The van der Waals surface area contributed by atoms with Gasteiger partial charge < -0.3 is 26.0 Å². The molecule has 0 aliphatic rings. The second kappa shape index (κ2) is 22.3. The highest BCUT2D eigenvalue weighted by molar-refractivity contribution is 7.86. The van der Waals surface area contributed by atoms with Crippen molar-refractivity contribution in [2.75, 3.05) is 18.5 Å². The molecule has 16 heteroatoms. The molecule has 53 heavy (non-hydrogen) atoms. The van der Waals surface area contributed by atoms with Crippen molar-refractivity contribution in [3.05, 3.63) is 65.5 Å². The third kappa shape index (κ3) is 18.5. The highest BCUT2D eigenvalue weighted by Crippen LogP contribution is 2.14. The number of carbonyl (C=O) groups excluding carboxylic acids is 4. The molecule has 0 radical (unpaired) electrons. The van der Waals surface area contributed by atoms with Gasteiger partial charge in [-0.25, -0.2) is 9.78 Å². The summed E-state index contributed by atoms with van der Waals surface area (Å²) in [5.74, 6) is -0.262. The van der Waals surface area contributed by atoms with E-state index in [4.69, 9.17) is 4.74 Å². The standard InChI is InChI=1S/C37H55N7O8S/c1-7-14-29(42-35(47)30(23-26(2)3)43-36(48)52-37(4,5)6)16-10-8-9-11-18-33(45)38-21-22-39-34(46)28-19-20-32(40-24-28)44-41-25-27-15-12-13-17-31(27)53(49,50)51/h12-13,15-17,19-20,24-26,30H,7-11,14,18,21-23H2,1-6H3,(H,38,45)(H,39,46)(H,40,44)(H,42,47)(H,43,48)(H,49,50,51)/b29-16+,41-25+/t30-/m0/s1. The average Bonchev–Trinajstić information content (AvgIpc) is 3.07. The van der Waals surface area contributed by atoms with Crippen molar-refractivity contribution in [1.29, 1.82) is 0 Å². The van der Waals surface area contributed by atoms with Gasteiger partial charge in [0.15, 0.2) is 0 Å². The molecule has 0 aliphatic heterocycles. The normalized spacial score (nSPS) is 12.6. The number of amides is 4. The number of alkyl carbamates (subject to hydrolysis) is 1. The summed E-state index contributed by atoms with van der Waals surface area (Å²) < 4.78 is 37.7. The Morgan fingerprint density at radius 2 is 1.70 bits per heavy atom. The lowest BCUT2D eigenvalue weighted by atomic mass is 10.0. The molecular formula is C37H55N7O8S. The van der Waals surface area contributed by atoms with Crippen LogP contribution in [-0.2, 0) is 24.4 Å². The van der Waals surface area contributed by atoms with Gasteiger partial charge in [-0.1, -0.05) is 57.9 Å². The van der Waals surface area contributed by atoms with Gasteiger partial charge in [-0.15, -0.1) is 0 Å². The molecule has 1 atom stereocenters. The summed E-state index contributed by atoms with van der Waals surface area (Å²) in [6.45, 7) is 11.8. The van der Waals surface area contributed by atoms with E-state index in [0.29, 0.717) is 37.1 Å². The molecular weight excluding hydrogens is 703 g/mol. The van der Waals surface area contributed by atoms with Crippen LogP contribution in [0, 0.1) is 5.92 Å². The van der Waals surface area contributed by atoms with Crippen LogP contribution in [0.5, 0.6) is 0 Å². The van der Waals surface area contributed by atoms with Crippen molar-refractivity contribution < 1.29 is 36.9 Å². The SMILES string of the molecule is CCC/C(=C\CCCCCC(=O)NCCNC(=O)c1ccc(N/N=C/c2ccccc2S(=O)(=O)O)nc1)NC(=O)[C@H](CC(C)C)NC(=O)OC(C)(C)C. The first-order chi connectivity index (χ1) is 25.0. The van der Waals surface area contributed by atoms with Gasteiger partial charge in [0.25, 0.3) is 16.0 Å². The molecule has 15 nitrogen and oxygen atoms in total. The lowest BCUT2D eigenvalue weighted by Gasteiger charge is -2.24. The number of rotatable bonds is 21. The number of ether oxygens (including phenoxy) is 1. The van der Waals surface area contributed by atoms with Gasteiger partial charge in [0.1, 0.15) is 22.4 Å². The van der Waals surface area contributed by atoms with Gasteiger partial charge in [-0.2, -0.15) is 13.5 Å². The largest absolute Gasteiger partial charge is 0.444 e. The number of allylic oxidation sites excluding steroid dienone is 2. The first-order valence-corrected chi connectivity index (χ1v) is 19.3. The first-order valence-electron chi connectivity index (χ1n) is 17.8. The zero-order chi connectivity index (χ0) is 39.4. The molecule has 4 amide bonds. The van der Waals surface area contributed by atoms with Gasteiger partial charge in [-0.05, 0) is 77.0 Å². The third-order valence-electron chi connectivity index (χ3n) is 7.35. The van der Waals surface area contributed by atoms with Crippen molar-refractivity contribution >= 4 is 46.0 Å². The van der Waals surface area contributed by atoms with Crippen LogP contribution in [0.2, 0.25) is 0 Å². The van der Waals surface area contributed by atoms with Gasteiger partial charge in [0, 0.05) is 37.0 Å². The maximum atomic E-state index is 13.1. The van der Waals surface area contributed by atoms with Crippen molar-refractivity contribution in [2.24, 2.45) is 11.0 Å². The van der Waals surface area contributed by atoms with E-state index in [9.17, 15) is 32.1 Å².